The molecule has 2 aliphatic rings. The van der Waals surface area contributed by atoms with E-state index in [1.165, 1.54) is 18.1 Å². The molecule has 11 heteroatoms. The van der Waals surface area contributed by atoms with Crippen molar-refractivity contribution in [2.45, 2.75) is 31.0 Å². The average Bonchev–Trinajstić information content (AvgIpc) is 3.24. The minimum atomic E-state index is -5.09. The highest BCUT2D eigenvalue weighted by molar-refractivity contribution is 5.98. The van der Waals surface area contributed by atoms with Crippen molar-refractivity contribution in [2.75, 3.05) is 26.3 Å². The molecule has 1 aromatic carbocycles. The van der Waals surface area contributed by atoms with Crippen molar-refractivity contribution in [1.29, 1.82) is 0 Å². The standard InChI is InChI=1S/C22H24F3N3O5/c1-27-9-6-26-20(27)21(31,22(23,24)25)13-18(29)28-7-4-14(5-8-28)19(30)15-2-3-16-17(12-15)33-11-10-32-16/h2-3,6,9,12,14,31H,4-5,7-8,10-11,13H2,1H3. The Hall–Kier alpha value is -3.08. The first-order valence-corrected chi connectivity index (χ1v) is 10.6. The van der Waals surface area contributed by atoms with Crippen LogP contribution in [0.2, 0.25) is 0 Å². The van der Waals surface area contributed by atoms with Crippen LogP contribution in [0.25, 0.3) is 0 Å². The summed E-state index contributed by atoms with van der Waals surface area (Å²) in [4.78, 5) is 30.5. The number of imidazole rings is 1. The van der Waals surface area contributed by atoms with Crippen LogP contribution < -0.4 is 9.47 Å². The quantitative estimate of drug-likeness (QED) is 0.679. The van der Waals surface area contributed by atoms with Crippen LogP contribution in [0, 0.1) is 5.92 Å². The molecule has 0 bridgehead atoms. The normalized spacial score (nSPS) is 18.6. The number of ether oxygens (including phenoxy) is 2. The number of halogens is 3. The predicted molar refractivity (Wildman–Crippen MR) is 109 cm³/mol. The Morgan fingerprint density at radius 1 is 1.15 bits per heavy atom. The number of ketones is 1. The second-order valence-corrected chi connectivity index (χ2v) is 8.27. The van der Waals surface area contributed by atoms with Gasteiger partial charge in [0.15, 0.2) is 23.1 Å². The van der Waals surface area contributed by atoms with E-state index in [2.05, 4.69) is 4.98 Å². The van der Waals surface area contributed by atoms with Crippen molar-refractivity contribution in [2.24, 2.45) is 13.0 Å². The topological polar surface area (TPSA) is 93.9 Å². The molecule has 0 spiro atoms. The monoisotopic (exact) mass is 467 g/mol. The van der Waals surface area contributed by atoms with E-state index in [9.17, 15) is 27.9 Å². The average molecular weight is 467 g/mol. The van der Waals surface area contributed by atoms with Gasteiger partial charge in [-0.05, 0) is 31.0 Å². The van der Waals surface area contributed by atoms with Crippen LogP contribution in [0.1, 0.15) is 35.4 Å². The van der Waals surface area contributed by atoms with Crippen LogP contribution >= 0.6 is 0 Å². The Kier molecular flexibility index (Phi) is 6.08. The van der Waals surface area contributed by atoms with Crippen LogP contribution in [-0.2, 0) is 17.4 Å². The number of fused-ring (bicyclic) bond motifs is 1. The summed E-state index contributed by atoms with van der Waals surface area (Å²) in [7, 11) is 1.32. The molecular weight excluding hydrogens is 443 g/mol. The highest BCUT2D eigenvalue weighted by Gasteiger charge is 2.59. The van der Waals surface area contributed by atoms with Gasteiger partial charge in [-0.15, -0.1) is 0 Å². The molecule has 178 valence electrons. The van der Waals surface area contributed by atoms with Crippen molar-refractivity contribution in [1.82, 2.24) is 14.5 Å². The molecule has 1 aromatic heterocycles. The number of Topliss-reactive ketones (excluding diaryl/α,β-unsaturated/α-hetero) is 1. The van der Waals surface area contributed by atoms with Crippen LogP contribution in [-0.4, -0.2) is 63.7 Å². The lowest BCUT2D eigenvalue weighted by atomic mass is 9.88. The molecule has 0 saturated carbocycles. The van der Waals surface area contributed by atoms with E-state index < -0.39 is 29.9 Å². The number of nitrogens with zero attached hydrogens (tertiary/aromatic N) is 3. The van der Waals surface area contributed by atoms with Gasteiger partial charge in [-0.2, -0.15) is 13.2 Å². The van der Waals surface area contributed by atoms with Gasteiger partial charge in [0.1, 0.15) is 13.2 Å². The van der Waals surface area contributed by atoms with Crippen LogP contribution in [0.15, 0.2) is 30.6 Å². The third-order valence-electron chi connectivity index (χ3n) is 6.11. The molecule has 8 nitrogen and oxygen atoms in total. The molecule has 4 rings (SSSR count). The summed E-state index contributed by atoms with van der Waals surface area (Å²) in [6.45, 7) is 1.08. The molecule has 1 amide bonds. The summed E-state index contributed by atoms with van der Waals surface area (Å²) < 4.78 is 53.1. The molecule has 1 atom stereocenters. The number of rotatable bonds is 5. The zero-order valence-corrected chi connectivity index (χ0v) is 18.0. The van der Waals surface area contributed by atoms with Crippen LogP contribution in [0.3, 0.4) is 0 Å². The molecule has 0 aliphatic carbocycles. The number of carbonyl (C=O) groups excluding carboxylic acids is 2. The van der Waals surface area contributed by atoms with Crippen molar-refractivity contribution < 1.29 is 37.3 Å². The molecule has 1 saturated heterocycles. The lowest BCUT2D eigenvalue weighted by molar-refractivity contribution is -0.272. The zero-order chi connectivity index (χ0) is 23.8. The van der Waals surface area contributed by atoms with Gasteiger partial charge in [-0.3, -0.25) is 9.59 Å². The second kappa shape index (κ2) is 8.69. The van der Waals surface area contributed by atoms with E-state index in [0.717, 1.165) is 10.8 Å². The lowest BCUT2D eigenvalue weighted by Crippen LogP contribution is -2.50. The second-order valence-electron chi connectivity index (χ2n) is 8.27. The molecule has 2 aromatic rings. The summed E-state index contributed by atoms with van der Waals surface area (Å²) in [6.07, 6.45) is -3.24. The van der Waals surface area contributed by atoms with E-state index in [4.69, 9.17) is 9.47 Å². The number of aryl methyl sites for hydroxylation is 1. The highest BCUT2D eigenvalue weighted by Crippen LogP contribution is 2.41. The van der Waals surface area contributed by atoms with Gasteiger partial charge in [0.2, 0.25) is 11.5 Å². The molecule has 33 heavy (non-hydrogen) atoms. The summed E-state index contributed by atoms with van der Waals surface area (Å²) in [5.41, 5.74) is -2.94. The third kappa shape index (κ3) is 4.41. The maximum Gasteiger partial charge on any atom is 0.425 e. The molecular formula is C22H24F3N3O5. The number of aliphatic hydroxyl groups is 1. The number of hydrogen-bond acceptors (Lipinski definition) is 6. The zero-order valence-electron chi connectivity index (χ0n) is 18.0. The van der Waals surface area contributed by atoms with Crippen molar-refractivity contribution >= 4 is 11.7 Å². The number of aromatic nitrogens is 2. The number of alkyl halides is 3. The summed E-state index contributed by atoms with van der Waals surface area (Å²) in [5.74, 6) is -0.898. The Balaban J connectivity index is 1.40. The highest BCUT2D eigenvalue weighted by atomic mass is 19.4. The first-order chi connectivity index (χ1) is 15.6. The number of hydrogen-bond donors (Lipinski definition) is 1. The lowest BCUT2D eigenvalue weighted by Gasteiger charge is -2.35. The van der Waals surface area contributed by atoms with Gasteiger partial charge in [0.25, 0.3) is 0 Å². The van der Waals surface area contributed by atoms with E-state index in [1.54, 1.807) is 18.2 Å². The number of benzene rings is 1. The Morgan fingerprint density at radius 3 is 2.42 bits per heavy atom. The van der Waals surface area contributed by atoms with Gasteiger partial charge < -0.3 is 24.0 Å². The van der Waals surface area contributed by atoms with E-state index in [-0.39, 0.29) is 24.8 Å². The maximum atomic E-state index is 13.7. The van der Waals surface area contributed by atoms with Crippen LogP contribution in [0.4, 0.5) is 13.2 Å². The summed E-state index contributed by atoms with van der Waals surface area (Å²) in [5, 5.41) is 10.4. The Bertz CT molecular complexity index is 1050. The van der Waals surface area contributed by atoms with Gasteiger partial charge in [-0.1, -0.05) is 0 Å². The molecule has 1 fully saturated rings. The Morgan fingerprint density at radius 2 is 1.82 bits per heavy atom. The minimum absolute atomic E-state index is 0.112. The number of carbonyl (C=O) groups is 2. The van der Waals surface area contributed by atoms with Gasteiger partial charge in [-0.25, -0.2) is 4.98 Å². The SMILES string of the molecule is Cn1ccnc1C(O)(CC(=O)N1CCC(C(=O)c2ccc3c(c2)OCCO3)CC1)C(F)(F)F. The molecule has 2 aliphatic heterocycles. The Labute approximate surface area is 187 Å². The largest absolute Gasteiger partial charge is 0.486 e. The fourth-order valence-electron chi connectivity index (χ4n) is 4.22. The van der Waals surface area contributed by atoms with Crippen molar-refractivity contribution in [3.8, 4) is 11.5 Å². The number of likely N-dealkylation sites (tertiary alicyclic amines) is 1. The molecule has 3 heterocycles. The fraction of sp³-hybridized carbons (Fsp3) is 0.500. The first-order valence-electron chi connectivity index (χ1n) is 10.6. The third-order valence-corrected chi connectivity index (χ3v) is 6.11. The minimum Gasteiger partial charge on any atom is -0.486 e. The van der Waals surface area contributed by atoms with E-state index in [0.29, 0.717) is 43.1 Å². The molecule has 1 unspecified atom stereocenters. The van der Waals surface area contributed by atoms with Crippen molar-refractivity contribution in [3.05, 3.63) is 42.0 Å². The van der Waals surface area contributed by atoms with E-state index in [1.807, 2.05) is 0 Å². The molecule has 1 N–H and O–H groups in total. The molecule has 0 radical (unpaired) electrons. The summed E-state index contributed by atoms with van der Waals surface area (Å²) >= 11 is 0. The smallest absolute Gasteiger partial charge is 0.425 e. The van der Waals surface area contributed by atoms with Crippen LogP contribution in [0.5, 0.6) is 11.5 Å². The number of piperidine rings is 1. The fourth-order valence-corrected chi connectivity index (χ4v) is 4.22. The maximum absolute atomic E-state index is 13.7. The van der Waals surface area contributed by atoms with E-state index >= 15 is 0 Å². The number of amides is 1. The van der Waals surface area contributed by atoms with Gasteiger partial charge in [0, 0.05) is 44.0 Å². The first kappa shape index (κ1) is 23.1. The predicted octanol–water partition coefficient (Wildman–Crippen LogP) is 2.45. The van der Waals surface area contributed by atoms with Gasteiger partial charge in [0.05, 0.1) is 6.42 Å². The van der Waals surface area contributed by atoms with Gasteiger partial charge >= 0.3 is 6.18 Å². The summed E-state index contributed by atoms with van der Waals surface area (Å²) in [6, 6.07) is 4.96. The van der Waals surface area contributed by atoms with Crippen molar-refractivity contribution in [3.63, 3.8) is 0 Å².